The van der Waals surface area contributed by atoms with Crippen molar-refractivity contribution in [3.05, 3.63) is 54.1 Å². The Labute approximate surface area is 105 Å². The molecular weight excluding hydrogens is 248 g/mol. The second-order valence-electron chi connectivity index (χ2n) is 4.22. The lowest BCUT2D eigenvalue weighted by atomic mass is 9.98. The Bertz CT molecular complexity index is 745. The fourth-order valence-corrected chi connectivity index (χ4v) is 3.70. The van der Waals surface area contributed by atoms with Gasteiger partial charge in [-0.15, -0.1) is 0 Å². The highest BCUT2D eigenvalue weighted by molar-refractivity contribution is 7.92. The van der Waals surface area contributed by atoms with Crippen molar-refractivity contribution in [2.75, 3.05) is 5.75 Å². The van der Waals surface area contributed by atoms with Crippen LogP contribution in [0.25, 0.3) is 11.1 Å². The number of ketones is 1. The minimum Gasteiger partial charge on any atom is -0.293 e. The molecule has 1 aliphatic rings. The van der Waals surface area contributed by atoms with E-state index < -0.39 is 15.6 Å². The lowest BCUT2D eigenvalue weighted by Gasteiger charge is -2.06. The Morgan fingerprint density at radius 2 is 1.33 bits per heavy atom. The molecule has 0 atom stereocenters. The molecule has 3 rings (SSSR count). The second-order valence-corrected chi connectivity index (χ2v) is 6.18. The van der Waals surface area contributed by atoms with Crippen molar-refractivity contribution in [1.29, 1.82) is 0 Å². The number of benzene rings is 2. The number of hydrogen-bond acceptors (Lipinski definition) is 3. The first-order valence-electron chi connectivity index (χ1n) is 5.54. The van der Waals surface area contributed by atoms with Crippen molar-refractivity contribution in [2.24, 2.45) is 0 Å². The zero-order chi connectivity index (χ0) is 12.8. The van der Waals surface area contributed by atoms with Crippen molar-refractivity contribution in [3.8, 4) is 11.1 Å². The van der Waals surface area contributed by atoms with Gasteiger partial charge < -0.3 is 0 Å². The minimum absolute atomic E-state index is 0.239. The average Bonchev–Trinajstić information content (AvgIpc) is 2.45. The SMILES string of the molecule is O=C1CS(=O)(=O)c2ccccc2-c2ccccc21. The van der Waals surface area contributed by atoms with Crippen LogP contribution in [0.5, 0.6) is 0 Å². The van der Waals surface area contributed by atoms with E-state index in [0.717, 1.165) is 0 Å². The standard InChI is InChI=1S/C14H10O3S/c15-13-9-18(16,17)14-8-4-3-7-12(14)10-5-1-2-6-11(10)13/h1-8H,9H2. The van der Waals surface area contributed by atoms with Crippen LogP contribution in [0.1, 0.15) is 10.4 Å². The molecule has 4 heteroatoms. The molecule has 1 heterocycles. The van der Waals surface area contributed by atoms with Crippen molar-refractivity contribution in [2.45, 2.75) is 4.90 Å². The normalized spacial score (nSPS) is 16.6. The van der Waals surface area contributed by atoms with Gasteiger partial charge in [0.25, 0.3) is 0 Å². The van der Waals surface area contributed by atoms with Crippen LogP contribution in [0, 0.1) is 0 Å². The molecule has 0 aliphatic carbocycles. The maximum atomic E-state index is 12.2. The van der Waals surface area contributed by atoms with Crippen molar-refractivity contribution >= 4 is 15.6 Å². The first kappa shape index (κ1) is 11.2. The summed E-state index contributed by atoms with van der Waals surface area (Å²) in [6, 6.07) is 13.8. The Kier molecular flexibility index (Phi) is 2.35. The van der Waals surface area contributed by atoms with Gasteiger partial charge in [0.05, 0.1) is 4.90 Å². The number of hydrogen-bond donors (Lipinski definition) is 0. The Morgan fingerprint density at radius 1 is 0.778 bits per heavy atom. The molecule has 2 aromatic rings. The number of carbonyl (C=O) groups is 1. The van der Waals surface area contributed by atoms with Crippen molar-refractivity contribution in [1.82, 2.24) is 0 Å². The largest absolute Gasteiger partial charge is 0.293 e. The Morgan fingerprint density at radius 3 is 2.06 bits per heavy atom. The van der Waals surface area contributed by atoms with E-state index in [1.54, 1.807) is 48.5 Å². The predicted molar refractivity (Wildman–Crippen MR) is 68.3 cm³/mol. The number of rotatable bonds is 0. The van der Waals surface area contributed by atoms with E-state index in [2.05, 4.69) is 0 Å². The average molecular weight is 258 g/mol. The van der Waals surface area contributed by atoms with E-state index in [4.69, 9.17) is 0 Å². The van der Waals surface area contributed by atoms with Gasteiger partial charge in [-0.2, -0.15) is 0 Å². The minimum atomic E-state index is -3.54. The molecular formula is C14H10O3S. The van der Waals surface area contributed by atoms with Crippen LogP contribution in [0.4, 0.5) is 0 Å². The van der Waals surface area contributed by atoms with Crippen LogP contribution < -0.4 is 0 Å². The van der Waals surface area contributed by atoms with E-state index in [1.165, 1.54) is 0 Å². The number of sulfone groups is 1. The molecule has 0 N–H and O–H groups in total. The smallest absolute Gasteiger partial charge is 0.186 e. The number of carbonyl (C=O) groups excluding carboxylic acids is 1. The van der Waals surface area contributed by atoms with Gasteiger partial charge in [0, 0.05) is 11.1 Å². The molecule has 18 heavy (non-hydrogen) atoms. The van der Waals surface area contributed by atoms with Gasteiger partial charge in [-0.25, -0.2) is 8.42 Å². The summed E-state index contributed by atoms with van der Waals surface area (Å²) in [6.45, 7) is 0. The van der Waals surface area contributed by atoms with Crippen LogP contribution in [0.15, 0.2) is 53.4 Å². The highest BCUT2D eigenvalue weighted by atomic mass is 32.2. The van der Waals surface area contributed by atoms with Crippen LogP contribution in [-0.2, 0) is 9.84 Å². The van der Waals surface area contributed by atoms with E-state index in [1.807, 2.05) is 0 Å². The summed E-state index contributed by atoms with van der Waals surface area (Å²) in [5, 5.41) is 0. The molecule has 0 saturated heterocycles. The summed E-state index contributed by atoms with van der Waals surface area (Å²) >= 11 is 0. The summed E-state index contributed by atoms with van der Waals surface area (Å²) in [5.74, 6) is -0.803. The summed E-state index contributed by atoms with van der Waals surface area (Å²) in [4.78, 5) is 12.2. The maximum Gasteiger partial charge on any atom is 0.186 e. The molecule has 0 unspecified atom stereocenters. The zero-order valence-electron chi connectivity index (χ0n) is 9.46. The van der Waals surface area contributed by atoms with E-state index in [9.17, 15) is 13.2 Å². The third-order valence-corrected chi connectivity index (χ3v) is 4.73. The molecule has 0 bridgehead atoms. The van der Waals surface area contributed by atoms with Crippen LogP contribution in [0.2, 0.25) is 0 Å². The summed E-state index contributed by atoms with van der Waals surface area (Å²) in [7, 11) is -3.54. The van der Waals surface area contributed by atoms with Gasteiger partial charge in [0.15, 0.2) is 15.6 Å². The summed E-state index contributed by atoms with van der Waals surface area (Å²) < 4.78 is 24.3. The third-order valence-electron chi connectivity index (χ3n) is 3.06. The molecule has 90 valence electrons. The third kappa shape index (κ3) is 1.57. The fourth-order valence-electron chi connectivity index (χ4n) is 2.25. The highest BCUT2D eigenvalue weighted by Crippen LogP contribution is 2.34. The fraction of sp³-hybridized carbons (Fsp3) is 0.0714. The van der Waals surface area contributed by atoms with Crippen LogP contribution in [0.3, 0.4) is 0 Å². The Balaban J connectivity index is 2.45. The highest BCUT2D eigenvalue weighted by Gasteiger charge is 2.29. The topological polar surface area (TPSA) is 51.2 Å². The van der Waals surface area contributed by atoms with E-state index >= 15 is 0 Å². The van der Waals surface area contributed by atoms with Crippen LogP contribution >= 0.6 is 0 Å². The molecule has 3 nitrogen and oxygen atoms in total. The molecule has 0 saturated carbocycles. The lowest BCUT2D eigenvalue weighted by molar-refractivity contribution is 0.102. The monoisotopic (exact) mass is 258 g/mol. The second kappa shape index (κ2) is 3.78. The molecule has 0 spiro atoms. The molecule has 1 aliphatic heterocycles. The zero-order valence-corrected chi connectivity index (χ0v) is 10.3. The number of fused-ring (bicyclic) bond motifs is 3. The lowest BCUT2D eigenvalue weighted by Crippen LogP contribution is -2.14. The maximum absolute atomic E-state index is 12.2. The van der Waals surface area contributed by atoms with Gasteiger partial charge in [-0.05, 0) is 11.6 Å². The molecule has 0 aromatic heterocycles. The van der Waals surface area contributed by atoms with E-state index in [-0.39, 0.29) is 10.7 Å². The van der Waals surface area contributed by atoms with Gasteiger partial charge in [-0.1, -0.05) is 42.5 Å². The van der Waals surface area contributed by atoms with Crippen molar-refractivity contribution < 1.29 is 13.2 Å². The van der Waals surface area contributed by atoms with E-state index in [0.29, 0.717) is 16.7 Å². The summed E-state index contributed by atoms with van der Waals surface area (Å²) in [6.07, 6.45) is 0. The Hall–Kier alpha value is -1.94. The molecule has 0 amide bonds. The van der Waals surface area contributed by atoms with Gasteiger partial charge in [0.2, 0.25) is 0 Å². The number of Topliss-reactive ketones (excluding diaryl/α,β-unsaturated/α-hetero) is 1. The first-order valence-corrected chi connectivity index (χ1v) is 7.19. The molecule has 2 aromatic carbocycles. The first-order chi connectivity index (χ1) is 8.59. The molecule has 0 radical (unpaired) electrons. The van der Waals surface area contributed by atoms with Gasteiger partial charge >= 0.3 is 0 Å². The van der Waals surface area contributed by atoms with Gasteiger partial charge in [-0.3, -0.25) is 4.79 Å². The molecule has 0 fully saturated rings. The predicted octanol–water partition coefficient (Wildman–Crippen LogP) is 2.32. The van der Waals surface area contributed by atoms with Crippen molar-refractivity contribution in [3.63, 3.8) is 0 Å². The quantitative estimate of drug-likeness (QED) is 0.728. The van der Waals surface area contributed by atoms with Gasteiger partial charge in [0.1, 0.15) is 5.75 Å². The van der Waals surface area contributed by atoms with Crippen LogP contribution in [-0.4, -0.2) is 20.0 Å². The summed E-state index contributed by atoms with van der Waals surface area (Å²) in [5.41, 5.74) is 1.78.